The van der Waals surface area contributed by atoms with E-state index < -0.39 is 0 Å². The van der Waals surface area contributed by atoms with Crippen molar-refractivity contribution in [3.05, 3.63) is 0 Å². The highest BCUT2D eigenvalue weighted by molar-refractivity contribution is 5.79. The Morgan fingerprint density at radius 3 is 2.55 bits per heavy atom. The van der Waals surface area contributed by atoms with Gasteiger partial charge in [-0.05, 0) is 39.5 Å². The van der Waals surface area contributed by atoms with E-state index in [1.54, 1.807) is 0 Å². The number of guanidine groups is 1. The van der Waals surface area contributed by atoms with Crippen LogP contribution in [0.25, 0.3) is 0 Å². The lowest BCUT2D eigenvalue weighted by atomic mass is 10.2. The molecule has 0 heterocycles. The molecule has 0 aromatic heterocycles. The molecule has 130 valence electrons. The molecular formula is C16H33N3O3. The maximum Gasteiger partial charge on any atom is 0.305 e. The number of esters is 1. The molecule has 0 amide bonds. The molecule has 0 rings (SSSR count). The third kappa shape index (κ3) is 13.7. The second-order valence-corrected chi connectivity index (χ2v) is 4.98. The van der Waals surface area contributed by atoms with E-state index in [1.165, 1.54) is 7.11 Å². The van der Waals surface area contributed by atoms with E-state index in [1.807, 2.05) is 6.92 Å². The van der Waals surface area contributed by atoms with E-state index in [0.717, 1.165) is 70.9 Å². The van der Waals surface area contributed by atoms with Crippen molar-refractivity contribution in [2.75, 3.05) is 40.0 Å². The minimum Gasteiger partial charge on any atom is -0.469 e. The number of ether oxygens (including phenoxy) is 2. The van der Waals surface area contributed by atoms with E-state index >= 15 is 0 Å². The molecule has 0 saturated carbocycles. The number of methoxy groups -OCH3 is 1. The third-order valence-electron chi connectivity index (χ3n) is 3.09. The summed E-state index contributed by atoms with van der Waals surface area (Å²) in [7, 11) is 1.43. The number of rotatable bonds is 13. The fourth-order valence-corrected chi connectivity index (χ4v) is 1.87. The van der Waals surface area contributed by atoms with Crippen molar-refractivity contribution >= 4 is 11.9 Å². The van der Waals surface area contributed by atoms with E-state index in [9.17, 15) is 4.79 Å². The second kappa shape index (κ2) is 16.1. The van der Waals surface area contributed by atoms with Crippen LogP contribution in [-0.2, 0) is 14.3 Å². The van der Waals surface area contributed by atoms with Gasteiger partial charge >= 0.3 is 5.97 Å². The molecule has 0 aliphatic carbocycles. The second-order valence-electron chi connectivity index (χ2n) is 4.98. The lowest BCUT2D eigenvalue weighted by Crippen LogP contribution is -2.37. The number of aliphatic imine (C=N–C) groups is 1. The van der Waals surface area contributed by atoms with Crippen molar-refractivity contribution in [3.8, 4) is 0 Å². The molecule has 2 N–H and O–H groups in total. The van der Waals surface area contributed by atoms with Crippen LogP contribution in [-0.4, -0.2) is 51.9 Å². The quantitative estimate of drug-likeness (QED) is 0.236. The minimum atomic E-state index is -0.134. The summed E-state index contributed by atoms with van der Waals surface area (Å²) in [6.07, 6.45) is 5.48. The normalized spacial score (nSPS) is 11.3. The molecule has 0 spiro atoms. The number of hydrogen-bond donors (Lipinski definition) is 2. The predicted octanol–water partition coefficient (Wildman–Crippen LogP) is 2.09. The smallest absolute Gasteiger partial charge is 0.305 e. The van der Waals surface area contributed by atoms with Crippen molar-refractivity contribution < 1.29 is 14.3 Å². The van der Waals surface area contributed by atoms with Crippen molar-refractivity contribution in [2.24, 2.45) is 4.99 Å². The molecule has 0 bridgehead atoms. The summed E-state index contributed by atoms with van der Waals surface area (Å²) < 4.78 is 9.92. The third-order valence-corrected chi connectivity index (χ3v) is 3.09. The summed E-state index contributed by atoms with van der Waals surface area (Å²) in [4.78, 5) is 15.5. The first kappa shape index (κ1) is 20.7. The molecule has 0 saturated heterocycles. The summed E-state index contributed by atoms with van der Waals surface area (Å²) in [6, 6.07) is 0. The van der Waals surface area contributed by atoms with Crippen LogP contribution >= 0.6 is 0 Å². The first-order chi connectivity index (χ1) is 10.7. The largest absolute Gasteiger partial charge is 0.469 e. The Bertz CT molecular complexity index is 296. The van der Waals surface area contributed by atoms with Gasteiger partial charge in [-0.15, -0.1) is 0 Å². The maximum absolute atomic E-state index is 11.0. The Balaban J connectivity index is 3.69. The van der Waals surface area contributed by atoms with Crippen molar-refractivity contribution in [3.63, 3.8) is 0 Å². The number of hydrogen-bond acceptors (Lipinski definition) is 4. The highest BCUT2D eigenvalue weighted by Gasteiger charge is 1.99. The van der Waals surface area contributed by atoms with Gasteiger partial charge in [0.05, 0.1) is 7.11 Å². The zero-order chi connectivity index (χ0) is 16.5. The van der Waals surface area contributed by atoms with Crippen LogP contribution in [0.15, 0.2) is 4.99 Å². The highest BCUT2D eigenvalue weighted by Crippen LogP contribution is 2.01. The Hall–Kier alpha value is -1.30. The van der Waals surface area contributed by atoms with Gasteiger partial charge in [-0.2, -0.15) is 0 Å². The highest BCUT2D eigenvalue weighted by atomic mass is 16.5. The van der Waals surface area contributed by atoms with Crippen LogP contribution in [0, 0.1) is 0 Å². The average molecular weight is 315 g/mol. The standard InChI is InChI=1S/C16H33N3O3/c1-4-17-16(19-13-9-10-14-22-5-2)18-12-8-6-7-11-15(20)21-3/h4-14H2,1-3H3,(H2,17,18,19). The molecule has 0 fully saturated rings. The van der Waals surface area contributed by atoms with Gasteiger partial charge in [-0.3, -0.25) is 9.79 Å². The van der Waals surface area contributed by atoms with Gasteiger partial charge in [-0.25, -0.2) is 0 Å². The number of nitrogens with zero attached hydrogens (tertiary/aromatic N) is 1. The first-order valence-corrected chi connectivity index (χ1v) is 8.41. The van der Waals surface area contributed by atoms with Crippen LogP contribution < -0.4 is 10.6 Å². The van der Waals surface area contributed by atoms with Crippen molar-refractivity contribution in [2.45, 2.75) is 52.4 Å². The first-order valence-electron chi connectivity index (χ1n) is 8.41. The minimum absolute atomic E-state index is 0.134. The van der Waals surface area contributed by atoms with Gasteiger partial charge < -0.3 is 20.1 Å². The molecule has 0 radical (unpaired) electrons. The molecular weight excluding hydrogens is 282 g/mol. The van der Waals surface area contributed by atoms with Crippen molar-refractivity contribution in [1.29, 1.82) is 0 Å². The molecule has 0 atom stereocenters. The zero-order valence-corrected chi connectivity index (χ0v) is 14.5. The molecule has 6 heteroatoms. The Kier molecular flexibility index (Phi) is 15.1. The summed E-state index contributed by atoms with van der Waals surface area (Å²) in [5.41, 5.74) is 0. The maximum atomic E-state index is 11.0. The van der Waals surface area contributed by atoms with E-state index in [0.29, 0.717) is 6.42 Å². The van der Waals surface area contributed by atoms with Crippen LogP contribution in [0.2, 0.25) is 0 Å². The van der Waals surface area contributed by atoms with Gasteiger partial charge in [0.25, 0.3) is 0 Å². The van der Waals surface area contributed by atoms with E-state index in [-0.39, 0.29) is 5.97 Å². The Morgan fingerprint density at radius 2 is 1.86 bits per heavy atom. The Morgan fingerprint density at radius 1 is 1.05 bits per heavy atom. The van der Waals surface area contributed by atoms with Crippen LogP contribution in [0.5, 0.6) is 0 Å². The lowest BCUT2D eigenvalue weighted by Gasteiger charge is -2.11. The molecule has 6 nitrogen and oxygen atoms in total. The lowest BCUT2D eigenvalue weighted by molar-refractivity contribution is -0.140. The number of nitrogens with one attached hydrogen (secondary N) is 2. The average Bonchev–Trinajstić information content (AvgIpc) is 2.53. The summed E-state index contributed by atoms with van der Waals surface area (Å²) in [5.74, 6) is 0.734. The summed E-state index contributed by atoms with van der Waals surface area (Å²) in [6.45, 7) is 8.21. The molecule has 22 heavy (non-hydrogen) atoms. The SMILES string of the molecule is CCNC(=NCCCCCC(=O)OC)NCCCCOCC. The number of carbonyl (C=O) groups is 1. The number of carbonyl (C=O) groups excluding carboxylic acids is 1. The van der Waals surface area contributed by atoms with Gasteiger partial charge in [0.15, 0.2) is 5.96 Å². The zero-order valence-electron chi connectivity index (χ0n) is 14.5. The van der Waals surface area contributed by atoms with E-state index in [2.05, 4.69) is 27.3 Å². The number of unbranched alkanes of at least 4 members (excludes halogenated alkanes) is 3. The summed E-state index contributed by atoms with van der Waals surface area (Å²) >= 11 is 0. The predicted molar refractivity (Wildman–Crippen MR) is 90.2 cm³/mol. The topological polar surface area (TPSA) is 72.0 Å². The molecule has 0 aliphatic rings. The van der Waals surface area contributed by atoms with Crippen LogP contribution in [0.4, 0.5) is 0 Å². The monoisotopic (exact) mass is 315 g/mol. The fraction of sp³-hybridized carbons (Fsp3) is 0.875. The van der Waals surface area contributed by atoms with Gasteiger partial charge in [0, 0.05) is 39.3 Å². The molecule has 0 unspecified atom stereocenters. The van der Waals surface area contributed by atoms with Gasteiger partial charge in [0.1, 0.15) is 0 Å². The van der Waals surface area contributed by atoms with Gasteiger partial charge in [-0.1, -0.05) is 6.42 Å². The van der Waals surface area contributed by atoms with Gasteiger partial charge in [0.2, 0.25) is 0 Å². The van der Waals surface area contributed by atoms with Crippen LogP contribution in [0.3, 0.4) is 0 Å². The molecule has 0 aromatic carbocycles. The van der Waals surface area contributed by atoms with E-state index in [4.69, 9.17) is 4.74 Å². The molecule has 0 aliphatic heterocycles. The van der Waals surface area contributed by atoms with Crippen LogP contribution in [0.1, 0.15) is 52.4 Å². The summed E-state index contributed by atoms with van der Waals surface area (Å²) in [5, 5.41) is 6.56. The Labute approximate surface area is 135 Å². The molecule has 0 aromatic rings. The fourth-order valence-electron chi connectivity index (χ4n) is 1.87. The van der Waals surface area contributed by atoms with Crippen molar-refractivity contribution in [1.82, 2.24) is 10.6 Å².